The predicted molar refractivity (Wildman–Crippen MR) is 85.7 cm³/mol. The fraction of sp³-hybridized carbons (Fsp3) is 0.786. The van der Waals surface area contributed by atoms with Crippen LogP contribution in [0.5, 0.6) is 0 Å². The topological polar surface area (TPSA) is 67.2 Å². The summed E-state index contributed by atoms with van der Waals surface area (Å²) >= 11 is 0. The van der Waals surface area contributed by atoms with Gasteiger partial charge in [-0.15, -0.1) is 12.4 Å². The minimum absolute atomic E-state index is 0. The monoisotopic (exact) mass is 346 g/mol. The van der Waals surface area contributed by atoms with Gasteiger partial charge in [0.1, 0.15) is 5.82 Å². The second kappa shape index (κ2) is 5.78. The number of piperidine rings is 1. The molecule has 3 aliphatic rings. The Morgan fingerprint density at radius 2 is 2.00 bits per heavy atom. The summed E-state index contributed by atoms with van der Waals surface area (Å²) in [5, 5.41) is 3.94. The Labute approximate surface area is 137 Å². The lowest BCUT2D eigenvalue weighted by Crippen LogP contribution is -2.48. The van der Waals surface area contributed by atoms with Gasteiger partial charge < -0.3 is 9.88 Å². The van der Waals surface area contributed by atoms with E-state index in [1.54, 1.807) is 11.4 Å². The van der Waals surface area contributed by atoms with Crippen LogP contribution in [-0.2, 0) is 23.0 Å². The quantitative estimate of drug-likeness (QED) is 0.891. The van der Waals surface area contributed by atoms with E-state index in [1.807, 2.05) is 4.57 Å². The van der Waals surface area contributed by atoms with Gasteiger partial charge in [-0.3, -0.25) is 0 Å². The van der Waals surface area contributed by atoms with Gasteiger partial charge in [0.25, 0.3) is 10.0 Å². The van der Waals surface area contributed by atoms with Crippen molar-refractivity contribution >= 4 is 22.4 Å². The zero-order chi connectivity index (χ0) is 14.6. The molecule has 1 aromatic rings. The van der Waals surface area contributed by atoms with Crippen molar-refractivity contribution in [3.63, 3.8) is 0 Å². The van der Waals surface area contributed by atoms with Crippen LogP contribution in [0.15, 0.2) is 11.2 Å². The molecule has 8 heteroatoms. The van der Waals surface area contributed by atoms with Gasteiger partial charge in [-0.1, -0.05) is 0 Å². The maximum atomic E-state index is 12.9. The number of nitrogens with zero attached hydrogens (tertiary/aromatic N) is 3. The van der Waals surface area contributed by atoms with E-state index in [4.69, 9.17) is 0 Å². The van der Waals surface area contributed by atoms with Crippen LogP contribution in [0.2, 0.25) is 0 Å². The number of hydrogen-bond acceptors (Lipinski definition) is 4. The first-order valence-corrected chi connectivity index (χ1v) is 9.28. The van der Waals surface area contributed by atoms with Gasteiger partial charge in [-0.25, -0.2) is 13.4 Å². The SMILES string of the molecule is CN(C1CC2CCC(C1)N2)S(=O)(=O)c1cnc2n1CCC2.Cl. The van der Waals surface area contributed by atoms with Crippen molar-refractivity contribution in [3.05, 3.63) is 12.0 Å². The third-order valence-electron chi connectivity index (χ3n) is 5.29. The van der Waals surface area contributed by atoms with Crippen LogP contribution in [0.3, 0.4) is 0 Å². The van der Waals surface area contributed by atoms with E-state index in [9.17, 15) is 8.42 Å². The third-order valence-corrected chi connectivity index (χ3v) is 7.20. The number of rotatable bonds is 3. The molecule has 0 amide bonds. The molecule has 124 valence electrons. The van der Waals surface area contributed by atoms with Crippen LogP contribution in [-0.4, -0.2) is 47.4 Å². The molecule has 2 unspecified atom stereocenters. The first kappa shape index (κ1) is 16.2. The van der Waals surface area contributed by atoms with Crippen molar-refractivity contribution < 1.29 is 8.42 Å². The highest BCUT2D eigenvalue weighted by molar-refractivity contribution is 7.89. The Hall–Kier alpha value is -0.630. The van der Waals surface area contributed by atoms with E-state index in [2.05, 4.69) is 10.3 Å². The molecular formula is C14H23ClN4O2S. The highest BCUT2D eigenvalue weighted by Gasteiger charge is 2.40. The lowest BCUT2D eigenvalue weighted by Gasteiger charge is -2.34. The van der Waals surface area contributed by atoms with Crippen LogP contribution in [0.1, 0.15) is 37.9 Å². The average Bonchev–Trinajstić information content (AvgIpc) is 3.13. The maximum Gasteiger partial charge on any atom is 0.260 e. The molecule has 6 nitrogen and oxygen atoms in total. The zero-order valence-electron chi connectivity index (χ0n) is 12.7. The number of sulfonamides is 1. The number of nitrogens with one attached hydrogen (secondary N) is 1. The van der Waals surface area contributed by atoms with Gasteiger partial charge >= 0.3 is 0 Å². The number of imidazole rings is 1. The summed E-state index contributed by atoms with van der Waals surface area (Å²) in [5.41, 5.74) is 0. The molecule has 2 bridgehead atoms. The van der Waals surface area contributed by atoms with Crippen molar-refractivity contribution in [3.8, 4) is 0 Å². The summed E-state index contributed by atoms with van der Waals surface area (Å²) in [6, 6.07) is 1.09. The van der Waals surface area contributed by atoms with E-state index < -0.39 is 10.0 Å². The van der Waals surface area contributed by atoms with Crippen LogP contribution in [0.25, 0.3) is 0 Å². The Morgan fingerprint density at radius 1 is 1.32 bits per heavy atom. The lowest BCUT2D eigenvalue weighted by atomic mass is 10.0. The number of aromatic nitrogens is 2. The van der Waals surface area contributed by atoms with Crippen molar-refractivity contribution in [1.29, 1.82) is 0 Å². The molecule has 0 radical (unpaired) electrons. The van der Waals surface area contributed by atoms with Gasteiger partial charge in [0.15, 0.2) is 5.03 Å². The highest BCUT2D eigenvalue weighted by Crippen LogP contribution is 2.32. The van der Waals surface area contributed by atoms with E-state index in [-0.39, 0.29) is 18.4 Å². The lowest BCUT2D eigenvalue weighted by molar-refractivity contribution is 0.250. The van der Waals surface area contributed by atoms with Crippen LogP contribution in [0.4, 0.5) is 0 Å². The number of halogens is 1. The Bertz CT molecular complexity index is 648. The average molecular weight is 347 g/mol. The van der Waals surface area contributed by atoms with Crippen LogP contribution in [0, 0.1) is 0 Å². The van der Waals surface area contributed by atoms with Crippen molar-refractivity contribution in [2.45, 2.75) is 68.2 Å². The van der Waals surface area contributed by atoms with Crippen molar-refractivity contribution in [2.24, 2.45) is 0 Å². The summed E-state index contributed by atoms with van der Waals surface area (Å²) in [4.78, 5) is 4.28. The standard InChI is InChI=1S/C14H22N4O2S.ClH/c1-17(12-7-10-4-5-11(8-12)16-10)21(19,20)14-9-15-13-3-2-6-18(13)14;/h9-12,16H,2-8H2,1H3;1H. The number of hydrogen-bond donors (Lipinski definition) is 1. The second-order valence-electron chi connectivity index (χ2n) is 6.55. The summed E-state index contributed by atoms with van der Waals surface area (Å²) < 4.78 is 29.3. The molecule has 2 fully saturated rings. The molecule has 4 rings (SSSR count). The molecule has 2 saturated heterocycles. The summed E-state index contributed by atoms with van der Waals surface area (Å²) in [6.45, 7) is 0.773. The largest absolute Gasteiger partial charge is 0.318 e. The fourth-order valence-corrected chi connectivity index (χ4v) is 5.62. The van der Waals surface area contributed by atoms with E-state index >= 15 is 0 Å². The van der Waals surface area contributed by atoms with Gasteiger partial charge in [0, 0.05) is 38.1 Å². The van der Waals surface area contributed by atoms with Gasteiger partial charge in [0.2, 0.25) is 0 Å². The third kappa shape index (κ3) is 2.48. The molecule has 3 aliphatic heterocycles. The molecule has 22 heavy (non-hydrogen) atoms. The summed E-state index contributed by atoms with van der Waals surface area (Å²) in [7, 11) is -1.70. The number of fused-ring (bicyclic) bond motifs is 3. The Balaban J connectivity index is 0.00000144. The Morgan fingerprint density at radius 3 is 2.68 bits per heavy atom. The molecule has 1 aromatic heterocycles. The molecule has 1 N–H and O–H groups in total. The first-order valence-electron chi connectivity index (χ1n) is 7.84. The minimum Gasteiger partial charge on any atom is -0.318 e. The Kier molecular flexibility index (Phi) is 4.26. The smallest absolute Gasteiger partial charge is 0.260 e. The molecule has 4 heterocycles. The van der Waals surface area contributed by atoms with Crippen molar-refractivity contribution in [2.75, 3.05) is 7.05 Å². The molecular weight excluding hydrogens is 324 g/mol. The zero-order valence-corrected chi connectivity index (χ0v) is 14.4. The fourth-order valence-electron chi connectivity index (χ4n) is 4.10. The normalized spacial score (nSPS) is 30.4. The minimum atomic E-state index is -3.43. The molecule has 0 saturated carbocycles. The molecule has 0 aromatic carbocycles. The van der Waals surface area contributed by atoms with Gasteiger partial charge in [-0.2, -0.15) is 4.31 Å². The van der Waals surface area contributed by atoms with Crippen molar-refractivity contribution in [1.82, 2.24) is 19.2 Å². The molecule has 0 spiro atoms. The van der Waals surface area contributed by atoms with E-state index in [0.717, 1.165) is 38.1 Å². The second-order valence-corrected chi connectivity index (χ2v) is 8.50. The molecule has 2 atom stereocenters. The molecule has 0 aliphatic carbocycles. The first-order chi connectivity index (χ1) is 10.1. The summed E-state index contributed by atoms with van der Waals surface area (Å²) in [6.07, 6.45) is 7.62. The van der Waals surface area contributed by atoms with Crippen LogP contribution < -0.4 is 5.32 Å². The highest BCUT2D eigenvalue weighted by atomic mass is 35.5. The van der Waals surface area contributed by atoms with Crippen LogP contribution >= 0.6 is 12.4 Å². The van der Waals surface area contributed by atoms with E-state index in [1.165, 1.54) is 19.0 Å². The van der Waals surface area contributed by atoms with Gasteiger partial charge in [-0.05, 0) is 32.1 Å². The van der Waals surface area contributed by atoms with Gasteiger partial charge in [0.05, 0.1) is 6.20 Å². The summed E-state index contributed by atoms with van der Waals surface area (Å²) in [5.74, 6) is 0.910. The maximum absolute atomic E-state index is 12.9. The number of aryl methyl sites for hydroxylation is 1. The van der Waals surface area contributed by atoms with E-state index in [0.29, 0.717) is 17.1 Å². The predicted octanol–water partition coefficient (Wildman–Crippen LogP) is 1.15.